The third-order valence-corrected chi connectivity index (χ3v) is 3.41. The first-order valence-corrected chi connectivity index (χ1v) is 7.42. The fourth-order valence-corrected chi connectivity index (χ4v) is 2.20. The molecule has 0 bridgehead atoms. The molecule has 16 heavy (non-hydrogen) atoms. The van der Waals surface area contributed by atoms with E-state index in [9.17, 15) is 0 Å². The van der Waals surface area contributed by atoms with Crippen molar-refractivity contribution in [3.05, 3.63) is 12.7 Å². The van der Waals surface area contributed by atoms with Crippen LogP contribution in [0.2, 0.25) is 0 Å². The van der Waals surface area contributed by atoms with Crippen LogP contribution in [0, 0.1) is 5.92 Å². The summed E-state index contributed by atoms with van der Waals surface area (Å²) in [6, 6.07) is 0. The number of hydrogen-bond donors (Lipinski definition) is 0. The molecule has 0 saturated carbocycles. The van der Waals surface area contributed by atoms with E-state index in [0.29, 0.717) is 0 Å². The van der Waals surface area contributed by atoms with E-state index in [1.54, 1.807) is 0 Å². The third-order valence-electron chi connectivity index (χ3n) is 3.41. The number of hydrogen-bond acceptors (Lipinski definition) is 0. The zero-order valence-corrected chi connectivity index (χ0v) is 11.6. The Morgan fingerprint density at radius 2 is 1.44 bits per heavy atom. The highest BCUT2D eigenvalue weighted by Crippen LogP contribution is 2.17. The molecule has 0 aromatic rings. The summed E-state index contributed by atoms with van der Waals surface area (Å²) in [5.74, 6) is 0.949. The van der Waals surface area contributed by atoms with E-state index in [1.165, 1.54) is 70.6 Å². The molecule has 0 aromatic carbocycles. The molecule has 96 valence electrons. The predicted octanol–water partition coefficient (Wildman–Crippen LogP) is 6.12. The Labute approximate surface area is 104 Å². The molecule has 0 amide bonds. The third kappa shape index (κ3) is 11.8. The van der Waals surface area contributed by atoms with Crippen molar-refractivity contribution in [2.75, 3.05) is 0 Å². The first-order valence-electron chi connectivity index (χ1n) is 7.42. The normalized spacial score (nSPS) is 12.6. The van der Waals surface area contributed by atoms with E-state index in [-0.39, 0.29) is 0 Å². The van der Waals surface area contributed by atoms with Crippen molar-refractivity contribution >= 4 is 0 Å². The van der Waals surface area contributed by atoms with Gasteiger partial charge in [-0.2, -0.15) is 0 Å². The number of unbranched alkanes of at least 4 members (excludes halogenated alkanes) is 7. The molecular formula is C16H32. The van der Waals surface area contributed by atoms with Crippen molar-refractivity contribution in [3.8, 4) is 0 Å². The van der Waals surface area contributed by atoms with Gasteiger partial charge >= 0.3 is 0 Å². The molecule has 0 rings (SSSR count). The van der Waals surface area contributed by atoms with Gasteiger partial charge < -0.3 is 0 Å². The lowest BCUT2D eigenvalue weighted by molar-refractivity contribution is 0.436. The molecule has 0 aliphatic heterocycles. The van der Waals surface area contributed by atoms with Crippen LogP contribution >= 0.6 is 0 Å². The maximum absolute atomic E-state index is 3.76. The van der Waals surface area contributed by atoms with Crippen LogP contribution in [0.5, 0.6) is 0 Å². The summed E-state index contributed by atoms with van der Waals surface area (Å²) in [4.78, 5) is 0. The standard InChI is InChI=1S/C16H32/c1-4-6-8-10-12-14-16(3)15-13-11-9-7-5-2/h4,16H,1,5-15H2,2-3H3. The zero-order chi connectivity index (χ0) is 12.1. The van der Waals surface area contributed by atoms with E-state index < -0.39 is 0 Å². The van der Waals surface area contributed by atoms with Gasteiger partial charge in [0.2, 0.25) is 0 Å². The summed E-state index contributed by atoms with van der Waals surface area (Å²) >= 11 is 0. The summed E-state index contributed by atoms with van der Waals surface area (Å²) in [5.41, 5.74) is 0. The Morgan fingerprint density at radius 1 is 0.875 bits per heavy atom. The molecule has 0 aromatic heterocycles. The summed E-state index contributed by atoms with van der Waals surface area (Å²) in [7, 11) is 0. The molecule has 0 nitrogen and oxygen atoms in total. The average molecular weight is 224 g/mol. The van der Waals surface area contributed by atoms with E-state index in [2.05, 4.69) is 20.4 Å². The van der Waals surface area contributed by atoms with Crippen LogP contribution in [-0.2, 0) is 0 Å². The Balaban J connectivity index is 3.11. The van der Waals surface area contributed by atoms with Gasteiger partial charge in [0.25, 0.3) is 0 Å². The molecule has 0 fully saturated rings. The fourth-order valence-electron chi connectivity index (χ4n) is 2.20. The Morgan fingerprint density at radius 3 is 2.00 bits per heavy atom. The van der Waals surface area contributed by atoms with Crippen molar-refractivity contribution in [2.24, 2.45) is 5.92 Å². The van der Waals surface area contributed by atoms with Gasteiger partial charge in [0.05, 0.1) is 0 Å². The van der Waals surface area contributed by atoms with Gasteiger partial charge in [0, 0.05) is 0 Å². The number of rotatable bonds is 12. The minimum absolute atomic E-state index is 0.949. The largest absolute Gasteiger partial charge is 0.103 e. The van der Waals surface area contributed by atoms with Gasteiger partial charge in [0.1, 0.15) is 0 Å². The van der Waals surface area contributed by atoms with Gasteiger partial charge in [-0.25, -0.2) is 0 Å². The molecule has 1 atom stereocenters. The van der Waals surface area contributed by atoms with E-state index >= 15 is 0 Å². The van der Waals surface area contributed by atoms with E-state index in [4.69, 9.17) is 0 Å². The molecule has 0 aliphatic carbocycles. The highest BCUT2D eigenvalue weighted by atomic mass is 14.1. The topological polar surface area (TPSA) is 0 Å². The SMILES string of the molecule is C=CCCCCCC(C)CCCCCCC. The summed E-state index contributed by atoms with van der Waals surface area (Å²) in [6.07, 6.45) is 17.4. The molecule has 1 unspecified atom stereocenters. The van der Waals surface area contributed by atoms with Crippen LogP contribution in [0.1, 0.15) is 84.5 Å². The highest BCUT2D eigenvalue weighted by molar-refractivity contribution is 4.65. The van der Waals surface area contributed by atoms with Crippen LogP contribution in [-0.4, -0.2) is 0 Å². The lowest BCUT2D eigenvalue weighted by atomic mass is 9.96. The predicted molar refractivity (Wildman–Crippen MR) is 75.8 cm³/mol. The Bertz CT molecular complexity index is 137. The van der Waals surface area contributed by atoms with Gasteiger partial charge in [-0.15, -0.1) is 6.58 Å². The molecule has 0 aliphatic rings. The van der Waals surface area contributed by atoms with Crippen LogP contribution in [0.4, 0.5) is 0 Å². The fraction of sp³-hybridized carbons (Fsp3) is 0.875. The summed E-state index contributed by atoms with van der Waals surface area (Å²) in [5, 5.41) is 0. The Hall–Kier alpha value is -0.260. The van der Waals surface area contributed by atoms with Crippen LogP contribution in [0.25, 0.3) is 0 Å². The second-order valence-electron chi connectivity index (χ2n) is 5.23. The van der Waals surface area contributed by atoms with Gasteiger partial charge in [-0.1, -0.05) is 77.7 Å². The minimum Gasteiger partial charge on any atom is -0.103 e. The van der Waals surface area contributed by atoms with Crippen LogP contribution in [0.3, 0.4) is 0 Å². The minimum atomic E-state index is 0.949. The molecule has 0 heteroatoms. The second kappa shape index (κ2) is 12.8. The average Bonchev–Trinajstić information content (AvgIpc) is 2.28. The van der Waals surface area contributed by atoms with Crippen molar-refractivity contribution in [2.45, 2.75) is 84.5 Å². The molecule has 0 saturated heterocycles. The maximum Gasteiger partial charge on any atom is -0.0353 e. The maximum atomic E-state index is 3.76. The summed E-state index contributed by atoms with van der Waals surface area (Å²) < 4.78 is 0. The molecule has 0 spiro atoms. The first-order chi connectivity index (χ1) is 7.81. The van der Waals surface area contributed by atoms with Crippen LogP contribution < -0.4 is 0 Å². The lowest BCUT2D eigenvalue weighted by Crippen LogP contribution is -1.95. The smallest absolute Gasteiger partial charge is 0.0353 e. The van der Waals surface area contributed by atoms with E-state index in [1.807, 2.05) is 6.08 Å². The molecule has 0 radical (unpaired) electrons. The monoisotopic (exact) mass is 224 g/mol. The second-order valence-corrected chi connectivity index (χ2v) is 5.23. The number of allylic oxidation sites excluding steroid dienone is 1. The van der Waals surface area contributed by atoms with Crippen molar-refractivity contribution < 1.29 is 0 Å². The molecule has 0 N–H and O–H groups in total. The lowest BCUT2D eigenvalue weighted by Gasteiger charge is -2.10. The van der Waals surface area contributed by atoms with Crippen molar-refractivity contribution in [3.63, 3.8) is 0 Å². The quantitative estimate of drug-likeness (QED) is 0.277. The molecular weight excluding hydrogens is 192 g/mol. The van der Waals surface area contributed by atoms with Gasteiger partial charge in [-0.3, -0.25) is 0 Å². The van der Waals surface area contributed by atoms with Gasteiger partial charge in [0.15, 0.2) is 0 Å². The molecule has 0 heterocycles. The highest BCUT2D eigenvalue weighted by Gasteiger charge is 2.01. The van der Waals surface area contributed by atoms with E-state index in [0.717, 1.165) is 5.92 Å². The van der Waals surface area contributed by atoms with Crippen LogP contribution in [0.15, 0.2) is 12.7 Å². The first kappa shape index (κ1) is 15.7. The zero-order valence-electron chi connectivity index (χ0n) is 11.6. The van der Waals surface area contributed by atoms with Gasteiger partial charge in [-0.05, 0) is 18.8 Å². The Kier molecular flexibility index (Phi) is 12.6. The van der Waals surface area contributed by atoms with Crippen molar-refractivity contribution in [1.82, 2.24) is 0 Å². The van der Waals surface area contributed by atoms with Crippen molar-refractivity contribution in [1.29, 1.82) is 0 Å². The summed E-state index contributed by atoms with van der Waals surface area (Å²) in [6.45, 7) is 8.47.